The fraction of sp³-hybridized carbons (Fsp3) is 0.417. The molecular weight excluding hydrogens is 190 g/mol. The van der Waals surface area contributed by atoms with Crippen molar-refractivity contribution in [2.24, 2.45) is 5.92 Å². The summed E-state index contributed by atoms with van der Waals surface area (Å²) >= 11 is 0. The fourth-order valence-corrected chi connectivity index (χ4v) is 1.75. The SMILES string of the molecule is Cc1cc(O)cc(NC(=O)C2CCC2)c1. The van der Waals surface area contributed by atoms with Crippen molar-refractivity contribution >= 4 is 11.6 Å². The summed E-state index contributed by atoms with van der Waals surface area (Å²) in [5, 5.41) is 12.2. The van der Waals surface area contributed by atoms with Gasteiger partial charge in [-0.3, -0.25) is 4.79 Å². The van der Waals surface area contributed by atoms with Gasteiger partial charge in [0.05, 0.1) is 0 Å². The van der Waals surface area contributed by atoms with E-state index in [1.165, 1.54) is 0 Å². The van der Waals surface area contributed by atoms with E-state index < -0.39 is 0 Å². The second-order valence-electron chi connectivity index (χ2n) is 4.17. The molecule has 1 saturated carbocycles. The maximum absolute atomic E-state index is 11.6. The lowest BCUT2D eigenvalue weighted by Gasteiger charge is -2.24. The van der Waals surface area contributed by atoms with Gasteiger partial charge in [-0.2, -0.15) is 0 Å². The number of anilines is 1. The van der Waals surface area contributed by atoms with Crippen LogP contribution in [0, 0.1) is 12.8 Å². The van der Waals surface area contributed by atoms with Crippen molar-refractivity contribution in [3.63, 3.8) is 0 Å². The van der Waals surface area contributed by atoms with Crippen LogP contribution in [0.1, 0.15) is 24.8 Å². The van der Waals surface area contributed by atoms with E-state index >= 15 is 0 Å². The molecule has 0 saturated heterocycles. The molecule has 0 aliphatic heterocycles. The first-order chi connectivity index (χ1) is 7.15. The van der Waals surface area contributed by atoms with Crippen molar-refractivity contribution < 1.29 is 9.90 Å². The van der Waals surface area contributed by atoms with Crippen molar-refractivity contribution in [2.75, 3.05) is 5.32 Å². The van der Waals surface area contributed by atoms with Crippen molar-refractivity contribution in [1.29, 1.82) is 0 Å². The maximum Gasteiger partial charge on any atom is 0.227 e. The highest BCUT2D eigenvalue weighted by atomic mass is 16.3. The zero-order chi connectivity index (χ0) is 10.8. The van der Waals surface area contributed by atoms with Crippen molar-refractivity contribution in [3.05, 3.63) is 23.8 Å². The molecule has 1 amide bonds. The quantitative estimate of drug-likeness (QED) is 0.779. The van der Waals surface area contributed by atoms with Gasteiger partial charge in [0, 0.05) is 17.7 Å². The van der Waals surface area contributed by atoms with Gasteiger partial charge >= 0.3 is 0 Å². The second-order valence-corrected chi connectivity index (χ2v) is 4.17. The number of hydrogen-bond acceptors (Lipinski definition) is 2. The molecule has 0 bridgehead atoms. The number of nitrogens with one attached hydrogen (secondary N) is 1. The lowest BCUT2D eigenvalue weighted by atomic mass is 9.85. The van der Waals surface area contributed by atoms with E-state index in [9.17, 15) is 9.90 Å². The Balaban J connectivity index is 2.06. The van der Waals surface area contributed by atoms with Crippen LogP contribution in [0.15, 0.2) is 18.2 Å². The number of carbonyl (C=O) groups is 1. The van der Waals surface area contributed by atoms with Gasteiger partial charge in [0.2, 0.25) is 5.91 Å². The molecule has 0 atom stereocenters. The predicted molar refractivity (Wildman–Crippen MR) is 58.8 cm³/mol. The van der Waals surface area contributed by atoms with Gasteiger partial charge in [-0.05, 0) is 37.5 Å². The third-order valence-corrected chi connectivity index (χ3v) is 2.81. The summed E-state index contributed by atoms with van der Waals surface area (Å²) in [5.41, 5.74) is 1.63. The van der Waals surface area contributed by atoms with Gasteiger partial charge in [-0.25, -0.2) is 0 Å². The number of aryl methyl sites for hydroxylation is 1. The summed E-state index contributed by atoms with van der Waals surface area (Å²) < 4.78 is 0. The van der Waals surface area contributed by atoms with Crippen LogP contribution in [0.25, 0.3) is 0 Å². The molecule has 2 N–H and O–H groups in total. The maximum atomic E-state index is 11.6. The average molecular weight is 205 g/mol. The van der Waals surface area contributed by atoms with E-state index in [4.69, 9.17) is 0 Å². The van der Waals surface area contributed by atoms with E-state index in [0.717, 1.165) is 24.8 Å². The molecule has 3 nitrogen and oxygen atoms in total. The van der Waals surface area contributed by atoms with Crippen molar-refractivity contribution in [1.82, 2.24) is 0 Å². The normalized spacial score (nSPS) is 15.8. The highest BCUT2D eigenvalue weighted by molar-refractivity contribution is 5.93. The zero-order valence-electron chi connectivity index (χ0n) is 8.79. The Labute approximate surface area is 89.1 Å². The topological polar surface area (TPSA) is 49.3 Å². The number of aromatic hydroxyl groups is 1. The van der Waals surface area contributed by atoms with Gasteiger partial charge < -0.3 is 10.4 Å². The first kappa shape index (κ1) is 10.0. The number of hydrogen-bond donors (Lipinski definition) is 2. The summed E-state index contributed by atoms with van der Waals surface area (Å²) in [4.78, 5) is 11.6. The Kier molecular flexibility index (Phi) is 2.62. The predicted octanol–water partition coefficient (Wildman–Crippen LogP) is 2.44. The van der Waals surface area contributed by atoms with Crippen LogP contribution in [-0.2, 0) is 4.79 Å². The van der Waals surface area contributed by atoms with E-state index in [-0.39, 0.29) is 17.6 Å². The molecule has 1 aliphatic carbocycles. The Hall–Kier alpha value is -1.51. The number of phenolic OH excluding ortho intramolecular Hbond substituents is 1. The smallest absolute Gasteiger partial charge is 0.227 e. The molecule has 1 fully saturated rings. The van der Waals surface area contributed by atoms with Crippen LogP contribution in [-0.4, -0.2) is 11.0 Å². The summed E-state index contributed by atoms with van der Waals surface area (Å²) in [7, 11) is 0. The van der Waals surface area contributed by atoms with E-state index in [2.05, 4.69) is 5.32 Å². The Morgan fingerprint density at radius 3 is 2.67 bits per heavy atom. The highest BCUT2D eigenvalue weighted by Crippen LogP contribution is 2.28. The van der Waals surface area contributed by atoms with Gasteiger partial charge in [-0.1, -0.05) is 6.42 Å². The number of benzene rings is 1. The average Bonchev–Trinajstić information content (AvgIpc) is 1.96. The van der Waals surface area contributed by atoms with Crippen LogP contribution in [0.5, 0.6) is 5.75 Å². The first-order valence-electron chi connectivity index (χ1n) is 5.26. The Bertz CT molecular complexity index is 363. The Morgan fingerprint density at radius 2 is 2.13 bits per heavy atom. The number of phenols is 1. The lowest BCUT2D eigenvalue weighted by Crippen LogP contribution is -2.28. The standard InChI is InChI=1S/C12H15NO2/c1-8-5-10(7-11(14)6-8)13-12(15)9-3-2-4-9/h5-7,9,14H,2-4H2,1H3,(H,13,15). The Morgan fingerprint density at radius 1 is 1.40 bits per heavy atom. The molecule has 1 aliphatic rings. The van der Waals surface area contributed by atoms with Crippen molar-refractivity contribution in [3.8, 4) is 5.75 Å². The van der Waals surface area contributed by atoms with Crippen LogP contribution in [0.2, 0.25) is 0 Å². The number of rotatable bonds is 2. The summed E-state index contributed by atoms with van der Waals surface area (Å²) in [5.74, 6) is 0.442. The molecule has 3 heteroatoms. The first-order valence-corrected chi connectivity index (χ1v) is 5.26. The number of amides is 1. The molecule has 0 spiro atoms. The van der Waals surface area contributed by atoms with Crippen molar-refractivity contribution in [2.45, 2.75) is 26.2 Å². The molecule has 0 heterocycles. The highest BCUT2D eigenvalue weighted by Gasteiger charge is 2.25. The fourth-order valence-electron chi connectivity index (χ4n) is 1.75. The largest absolute Gasteiger partial charge is 0.508 e. The van der Waals surface area contributed by atoms with Gasteiger partial charge in [-0.15, -0.1) is 0 Å². The lowest BCUT2D eigenvalue weighted by molar-refractivity contribution is -0.122. The summed E-state index contributed by atoms with van der Waals surface area (Å²) in [6, 6.07) is 5.10. The van der Waals surface area contributed by atoms with Crippen LogP contribution < -0.4 is 5.32 Å². The third kappa shape index (κ3) is 2.29. The molecule has 80 valence electrons. The second kappa shape index (κ2) is 3.93. The molecule has 15 heavy (non-hydrogen) atoms. The van der Waals surface area contributed by atoms with Crippen LogP contribution in [0.4, 0.5) is 5.69 Å². The van der Waals surface area contributed by atoms with Gasteiger partial charge in [0.25, 0.3) is 0 Å². The van der Waals surface area contributed by atoms with Gasteiger partial charge in [0.1, 0.15) is 5.75 Å². The minimum absolute atomic E-state index is 0.0752. The molecule has 2 rings (SSSR count). The molecule has 0 aromatic heterocycles. The van der Waals surface area contributed by atoms with Crippen LogP contribution in [0.3, 0.4) is 0 Å². The molecule has 0 unspecified atom stereocenters. The molecule has 1 aromatic carbocycles. The molecule has 0 radical (unpaired) electrons. The van der Waals surface area contributed by atoms with Crippen LogP contribution >= 0.6 is 0 Å². The van der Waals surface area contributed by atoms with E-state index in [1.54, 1.807) is 12.1 Å². The molecule has 1 aromatic rings. The minimum atomic E-state index is 0.0752. The van der Waals surface area contributed by atoms with Gasteiger partial charge in [0.15, 0.2) is 0 Å². The minimum Gasteiger partial charge on any atom is -0.508 e. The summed E-state index contributed by atoms with van der Waals surface area (Å²) in [6.45, 7) is 1.89. The number of carbonyl (C=O) groups excluding carboxylic acids is 1. The van der Waals surface area contributed by atoms with E-state index in [0.29, 0.717) is 5.69 Å². The van der Waals surface area contributed by atoms with E-state index in [1.807, 2.05) is 13.0 Å². The summed E-state index contributed by atoms with van der Waals surface area (Å²) in [6.07, 6.45) is 3.13. The third-order valence-electron chi connectivity index (χ3n) is 2.81. The zero-order valence-corrected chi connectivity index (χ0v) is 8.79. The molecular formula is C12H15NO2. The monoisotopic (exact) mass is 205 g/mol.